The van der Waals surface area contributed by atoms with Gasteiger partial charge in [0.15, 0.2) is 0 Å². The van der Waals surface area contributed by atoms with Crippen LogP contribution in [0.2, 0.25) is 0 Å². The zero-order chi connectivity index (χ0) is 14.7. The minimum atomic E-state index is 0.0255. The molecule has 20 heavy (non-hydrogen) atoms. The van der Waals surface area contributed by atoms with Gasteiger partial charge in [-0.25, -0.2) is 0 Å². The number of amides is 1. The minimum Gasteiger partial charge on any atom is -0.397 e. The fourth-order valence-electron chi connectivity index (χ4n) is 2.40. The summed E-state index contributed by atoms with van der Waals surface area (Å²) in [4.78, 5) is 16.1. The van der Waals surface area contributed by atoms with Crippen LogP contribution in [0.1, 0.15) is 43.0 Å². The molecule has 1 fully saturated rings. The molecular formula is C16H25N3O. The van der Waals surface area contributed by atoms with Crippen molar-refractivity contribution < 1.29 is 4.79 Å². The number of carbonyl (C=O) groups excluding carboxylic acids is 1. The third-order valence-corrected chi connectivity index (χ3v) is 3.73. The van der Waals surface area contributed by atoms with Crippen molar-refractivity contribution in [1.82, 2.24) is 4.90 Å². The van der Waals surface area contributed by atoms with Gasteiger partial charge in [-0.15, -0.1) is 0 Å². The molecule has 110 valence electrons. The molecule has 4 nitrogen and oxygen atoms in total. The lowest BCUT2D eigenvalue weighted by molar-refractivity contribution is 0.0827. The van der Waals surface area contributed by atoms with Gasteiger partial charge in [0, 0.05) is 32.2 Å². The third-order valence-electron chi connectivity index (χ3n) is 3.73. The van der Waals surface area contributed by atoms with Gasteiger partial charge in [0.1, 0.15) is 0 Å². The number of unbranched alkanes of at least 4 members (excludes halogenated alkanes) is 1. The minimum absolute atomic E-state index is 0.0255. The number of anilines is 2. The second-order valence-electron chi connectivity index (χ2n) is 5.75. The van der Waals surface area contributed by atoms with Gasteiger partial charge in [-0.2, -0.15) is 0 Å². The Morgan fingerprint density at radius 1 is 1.35 bits per heavy atom. The van der Waals surface area contributed by atoms with Crippen LogP contribution < -0.4 is 10.6 Å². The lowest BCUT2D eigenvalue weighted by Crippen LogP contribution is -2.28. The Kier molecular flexibility index (Phi) is 4.53. The monoisotopic (exact) mass is 275 g/mol. The second kappa shape index (κ2) is 6.16. The Bertz CT molecular complexity index is 481. The molecule has 0 atom stereocenters. The Morgan fingerprint density at radius 2 is 2.05 bits per heavy atom. The third kappa shape index (κ3) is 3.24. The normalized spacial score (nSPS) is 14.2. The van der Waals surface area contributed by atoms with E-state index in [4.69, 9.17) is 5.73 Å². The van der Waals surface area contributed by atoms with Gasteiger partial charge in [0.25, 0.3) is 5.91 Å². The molecule has 0 radical (unpaired) electrons. The highest BCUT2D eigenvalue weighted by atomic mass is 16.2. The average molecular weight is 275 g/mol. The smallest absolute Gasteiger partial charge is 0.253 e. The highest BCUT2D eigenvalue weighted by molar-refractivity contribution is 5.96. The van der Waals surface area contributed by atoms with Crippen LogP contribution in [0.5, 0.6) is 0 Å². The first-order valence-corrected chi connectivity index (χ1v) is 7.42. The van der Waals surface area contributed by atoms with E-state index in [0.717, 1.165) is 24.3 Å². The van der Waals surface area contributed by atoms with Crippen molar-refractivity contribution in [3.63, 3.8) is 0 Å². The van der Waals surface area contributed by atoms with Gasteiger partial charge >= 0.3 is 0 Å². The summed E-state index contributed by atoms with van der Waals surface area (Å²) in [6.07, 6.45) is 4.78. The van der Waals surface area contributed by atoms with Crippen molar-refractivity contribution >= 4 is 17.3 Å². The number of hydrogen-bond acceptors (Lipinski definition) is 3. The molecule has 1 aromatic carbocycles. The van der Waals surface area contributed by atoms with Gasteiger partial charge in [-0.3, -0.25) is 4.79 Å². The standard InChI is InChI=1S/C16H25N3O/c1-4-5-10-19(13-7-8-13)15-11-12(6-9-14(15)17)16(20)18(2)3/h6,9,11,13H,4-5,7-8,10,17H2,1-3H3. The summed E-state index contributed by atoms with van der Waals surface area (Å²) in [5.74, 6) is 0.0255. The maximum absolute atomic E-state index is 12.1. The predicted octanol–water partition coefficient (Wildman–Crippen LogP) is 2.74. The first kappa shape index (κ1) is 14.7. The Morgan fingerprint density at radius 3 is 2.60 bits per heavy atom. The van der Waals surface area contributed by atoms with Gasteiger partial charge in [0.05, 0.1) is 11.4 Å². The topological polar surface area (TPSA) is 49.6 Å². The first-order valence-electron chi connectivity index (χ1n) is 7.42. The van der Waals surface area contributed by atoms with Crippen LogP contribution >= 0.6 is 0 Å². The van der Waals surface area contributed by atoms with Gasteiger partial charge < -0.3 is 15.5 Å². The number of nitrogens with two attached hydrogens (primary N) is 1. The lowest BCUT2D eigenvalue weighted by atomic mass is 10.1. The van der Waals surface area contributed by atoms with Crippen molar-refractivity contribution in [1.29, 1.82) is 0 Å². The van der Waals surface area contributed by atoms with Crippen LogP contribution in [0.3, 0.4) is 0 Å². The molecule has 0 aromatic heterocycles. The molecule has 0 heterocycles. The number of nitrogen functional groups attached to an aromatic ring is 1. The molecule has 1 amide bonds. The fraction of sp³-hybridized carbons (Fsp3) is 0.562. The highest BCUT2D eigenvalue weighted by Crippen LogP contribution is 2.35. The maximum atomic E-state index is 12.1. The number of carbonyl (C=O) groups is 1. The number of benzene rings is 1. The van der Waals surface area contributed by atoms with E-state index in [1.807, 2.05) is 18.2 Å². The van der Waals surface area contributed by atoms with Crippen molar-refractivity contribution in [3.05, 3.63) is 23.8 Å². The molecule has 0 unspecified atom stereocenters. The molecule has 0 spiro atoms. The quantitative estimate of drug-likeness (QED) is 0.812. The van der Waals surface area contributed by atoms with Crippen LogP contribution in [-0.2, 0) is 0 Å². The molecule has 1 aliphatic rings. The second-order valence-corrected chi connectivity index (χ2v) is 5.75. The maximum Gasteiger partial charge on any atom is 0.253 e. The SMILES string of the molecule is CCCCN(c1cc(C(=O)N(C)C)ccc1N)C1CC1. The van der Waals surface area contributed by atoms with E-state index in [2.05, 4.69) is 11.8 Å². The van der Waals surface area contributed by atoms with Crippen LogP contribution in [0.15, 0.2) is 18.2 Å². The molecule has 1 aromatic rings. The Balaban J connectivity index is 2.28. The Hall–Kier alpha value is -1.71. The van der Waals surface area contributed by atoms with E-state index >= 15 is 0 Å². The van der Waals surface area contributed by atoms with E-state index in [1.54, 1.807) is 19.0 Å². The van der Waals surface area contributed by atoms with E-state index in [-0.39, 0.29) is 5.91 Å². The molecule has 0 saturated heterocycles. The van der Waals surface area contributed by atoms with Gasteiger partial charge in [0.2, 0.25) is 0 Å². The zero-order valence-electron chi connectivity index (χ0n) is 12.7. The summed E-state index contributed by atoms with van der Waals surface area (Å²) >= 11 is 0. The highest BCUT2D eigenvalue weighted by Gasteiger charge is 2.30. The molecule has 1 saturated carbocycles. The largest absolute Gasteiger partial charge is 0.397 e. The summed E-state index contributed by atoms with van der Waals surface area (Å²) < 4.78 is 0. The van der Waals surface area contributed by atoms with Gasteiger partial charge in [-0.05, 0) is 37.5 Å². The summed E-state index contributed by atoms with van der Waals surface area (Å²) in [5.41, 5.74) is 8.64. The average Bonchev–Trinajstić information content (AvgIpc) is 3.24. The molecular weight excluding hydrogens is 250 g/mol. The molecule has 4 heteroatoms. The van der Waals surface area contributed by atoms with E-state index in [1.165, 1.54) is 19.3 Å². The van der Waals surface area contributed by atoms with E-state index in [9.17, 15) is 4.79 Å². The molecule has 0 aliphatic heterocycles. The van der Waals surface area contributed by atoms with Crippen LogP contribution in [-0.4, -0.2) is 37.5 Å². The lowest BCUT2D eigenvalue weighted by Gasteiger charge is -2.26. The molecule has 2 N–H and O–H groups in total. The molecule has 0 bridgehead atoms. The zero-order valence-corrected chi connectivity index (χ0v) is 12.7. The first-order chi connectivity index (χ1) is 9.54. The van der Waals surface area contributed by atoms with Crippen molar-refractivity contribution in [2.24, 2.45) is 0 Å². The summed E-state index contributed by atoms with van der Waals surface area (Å²) in [6.45, 7) is 3.21. The summed E-state index contributed by atoms with van der Waals surface area (Å²) in [6, 6.07) is 6.22. The Labute approximate surface area is 121 Å². The number of nitrogens with zero attached hydrogens (tertiary/aromatic N) is 2. The fourth-order valence-corrected chi connectivity index (χ4v) is 2.40. The van der Waals surface area contributed by atoms with Crippen LogP contribution in [0.4, 0.5) is 11.4 Å². The number of hydrogen-bond donors (Lipinski definition) is 1. The van der Waals surface area contributed by atoms with E-state index < -0.39 is 0 Å². The van der Waals surface area contributed by atoms with Gasteiger partial charge in [-0.1, -0.05) is 13.3 Å². The molecule has 2 rings (SSSR count). The predicted molar refractivity (Wildman–Crippen MR) is 84.1 cm³/mol. The molecule has 1 aliphatic carbocycles. The van der Waals surface area contributed by atoms with Crippen LogP contribution in [0.25, 0.3) is 0 Å². The summed E-state index contributed by atoms with van der Waals surface area (Å²) in [7, 11) is 3.54. The van der Waals surface area contributed by atoms with Crippen LogP contribution in [0, 0.1) is 0 Å². The van der Waals surface area contributed by atoms with Crippen molar-refractivity contribution in [2.75, 3.05) is 31.3 Å². The number of rotatable bonds is 6. The summed E-state index contributed by atoms with van der Waals surface area (Å²) in [5, 5.41) is 0. The van der Waals surface area contributed by atoms with Crippen molar-refractivity contribution in [3.8, 4) is 0 Å². The van der Waals surface area contributed by atoms with E-state index in [0.29, 0.717) is 11.6 Å². The van der Waals surface area contributed by atoms with Crippen molar-refractivity contribution in [2.45, 2.75) is 38.6 Å².